The summed E-state index contributed by atoms with van der Waals surface area (Å²) in [6, 6.07) is 19.6. The lowest BCUT2D eigenvalue weighted by Crippen LogP contribution is -2.34. The molecule has 2 N–H and O–H groups in total. The van der Waals surface area contributed by atoms with Crippen LogP contribution in [0, 0.1) is 13.8 Å². The van der Waals surface area contributed by atoms with Gasteiger partial charge in [-0.05, 0) is 47.4 Å². The van der Waals surface area contributed by atoms with Gasteiger partial charge in [0.15, 0.2) is 0 Å². The van der Waals surface area contributed by atoms with Gasteiger partial charge in [-0.15, -0.1) is 0 Å². The molecule has 0 heterocycles. The number of carbonyl (C=O) groups excluding carboxylic acids is 2. The Labute approximate surface area is 153 Å². The number of fused-ring (bicyclic) bond motifs is 1. The number of hydrogen-bond acceptors (Lipinski definition) is 2. The molecule has 0 unspecified atom stereocenters. The molecule has 4 nitrogen and oxygen atoms in total. The third kappa shape index (κ3) is 4.09. The molecule has 3 rings (SSSR count). The Bertz CT molecular complexity index is 958. The van der Waals surface area contributed by atoms with Crippen LogP contribution in [0.2, 0.25) is 0 Å². The molecule has 0 atom stereocenters. The molecule has 2 amide bonds. The number of rotatable bonds is 5. The van der Waals surface area contributed by atoms with Crippen LogP contribution in [-0.4, -0.2) is 18.4 Å². The summed E-state index contributed by atoms with van der Waals surface area (Å²) in [5.74, 6) is -0.401. The van der Waals surface area contributed by atoms with Crippen molar-refractivity contribution in [2.24, 2.45) is 0 Å². The second-order valence-electron chi connectivity index (χ2n) is 6.39. The van der Waals surface area contributed by atoms with E-state index in [4.69, 9.17) is 0 Å². The summed E-state index contributed by atoms with van der Waals surface area (Å²) >= 11 is 0. The number of carbonyl (C=O) groups is 2. The van der Waals surface area contributed by atoms with Gasteiger partial charge in [0.25, 0.3) is 0 Å². The predicted molar refractivity (Wildman–Crippen MR) is 105 cm³/mol. The van der Waals surface area contributed by atoms with Gasteiger partial charge in [-0.25, -0.2) is 0 Å². The highest BCUT2D eigenvalue weighted by Crippen LogP contribution is 2.19. The van der Waals surface area contributed by atoms with Gasteiger partial charge in [-0.2, -0.15) is 0 Å². The van der Waals surface area contributed by atoms with Crippen molar-refractivity contribution in [1.29, 1.82) is 0 Å². The van der Waals surface area contributed by atoms with Crippen LogP contribution in [0.15, 0.2) is 60.7 Å². The minimum atomic E-state index is -0.232. The zero-order chi connectivity index (χ0) is 18.5. The summed E-state index contributed by atoms with van der Waals surface area (Å²) in [5.41, 5.74) is 3.87. The number of benzene rings is 3. The minimum Gasteiger partial charge on any atom is -0.347 e. The molecule has 0 aliphatic heterocycles. The summed E-state index contributed by atoms with van der Waals surface area (Å²) in [5, 5.41) is 7.71. The van der Waals surface area contributed by atoms with Crippen LogP contribution in [0.5, 0.6) is 0 Å². The van der Waals surface area contributed by atoms with Gasteiger partial charge >= 0.3 is 0 Å². The second kappa shape index (κ2) is 7.83. The maximum absolute atomic E-state index is 12.2. The molecule has 26 heavy (non-hydrogen) atoms. The van der Waals surface area contributed by atoms with E-state index >= 15 is 0 Å². The normalized spacial score (nSPS) is 10.5. The molecule has 0 aliphatic carbocycles. The number of anilines is 1. The van der Waals surface area contributed by atoms with Crippen LogP contribution < -0.4 is 10.6 Å². The highest BCUT2D eigenvalue weighted by atomic mass is 16.2. The van der Waals surface area contributed by atoms with Crippen LogP contribution >= 0.6 is 0 Å². The van der Waals surface area contributed by atoms with E-state index in [2.05, 4.69) is 10.6 Å². The quantitative estimate of drug-likeness (QED) is 0.739. The summed E-state index contributed by atoms with van der Waals surface area (Å²) in [4.78, 5) is 24.4. The summed E-state index contributed by atoms with van der Waals surface area (Å²) < 4.78 is 0. The van der Waals surface area contributed by atoms with E-state index in [1.165, 1.54) is 0 Å². The molecular weight excluding hydrogens is 324 g/mol. The molecule has 3 aromatic rings. The van der Waals surface area contributed by atoms with Crippen molar-refractivity contribution in [1.82, 2.24) is 5.32 Å². The maximum Gasteiger partial charge on any atom is 0.243 e. The van der Waals surface area contributed by atoms with Gasteiger partial charge in [-0.1, -0.05) is 54.6 Å². The first-order valence-corrected chi connectivity index (χ1v) is 8.64. The van der Waals surface area contributed by atoms with Gasteiger partial charge in [0.2, 0.25) is 11.8 Å². The Morgan fingerprint density at radius 3 is 2.42 bits per heavy atom. The third-order valence-electron chi connectivity index (χ3n) is 4.56. The Morgan fingerprint density at radius 2 is 1.58 bits per heavy atom. The molecule has 0 aliphatic rings. The van der Waals surface area contributed by atoms with Crippen LogP contribution in [0.25, 0.3) is 10.8 Å². The molecule has 0 saturated carbocycles. The lowest BCUT2D eigenvalue weighted by molar-refractivity contribution is -0.123. The molecule has 0 bridgehead atoms. The average Bonchev–Trinajstić information content (AvgIpc) is 2.64. The monoisotopic (exact) mass is 346 g/mol. The molecule has 132 valence electrons. The molecule has 0 radical (unpaired) electrons. The number of hydrogen-bond donors (Lipinski definition) is 2. The molecule has 0 spiro atoms. The van der Waals surface area contributed by atoms with Crippen molar-refractivity contribution in [3.8, 4) is 0 Å². The maximum atomic E-state index is 12.2. The van der Waals surface area contributed by atoms with Crippen LogP contribution in [0.3, 0.4) is 0 Å². The molecule has 0 fully saturated rings. The van der Waals surface area contributed by atoms with Crippen LogP contribution in [-0.2, 0) is 16.0 Å². The summed E-state index contributed by atoms with van der Waals surface area (Å²) in [7, 11) is 0. The Kier molecular flexibility index (Phi) is 5.32. The number of nitrogens with one attached hydrogen (secondary N) is 2. The fraction of sp³-hybridized carbons (Fsp3) is 0.182. The van der Waals surface area contributed by atoms with Crippen LogP contribution in [0.4, 0.5) is 5.69 Å². The molecular formula is C22H22N2O2. The third-order valence-corrected chi connectivity index (χ3v) is 4.56. The number of aryl methyl sites for hydroxylation is 1. The lowest BCUT2D eigenvalue weighted by atomic mass is 10.0. The lowest BCUT2D eigenvalue weighted by Gasteiger charge is -2.11. The highest BCUT2D eigenvalue weighted by molar-refractivity contribution is 5.96. The molecule has 4 heteroatoms. The van der Waals surface area contributed by atoms with E-state index in [1.807, 2.05) is 74.5 Å². The molecule has 0 saturated heterocycles. The zero-order valence-corrected chi connectivity index (χ0v) is 15.0. The molecule has 0 aromatic heterocycles. The predicted octanol–water partition coefficient (Wildman–Crippen LogP) is 3.75. The first kappa shape index (κ1) is 17.7. The summed E-state index contributed by atoms with van der Waals surface area (Å²) in [6.07, 6.45) is 0.248. The smallest absolute Gasteiger partial charge is 0.243 e. The first-order chi connectivity index (χ1) is 12.5. The Balaban J connectivity index is 1.58. The van der Waals surface area contributed by atoms with Gasteiger partial charge in [0, 0.05) is 5.69 Å². The van der Waals surface area contributed by atoms with Gasteiger partial charge in [-0.3, -0.25) is 9.59 Å². The van der Waals surface area contributed by atoms with E-state index in [1.54, 1.807) is 0 Å². The fourth-order valence-electron chi connectivity index (χ4n) is 2.94. The van der Waals surface area contributed by atoms with Crippen molar-refractivity contribution in [3.05, 3.63) is 77.4 Å². The SMILES string of the molecule is Cc1cccc(NC(=O)CNC(=O)Cc2cccc3ccccc23)c1C. The topological polar surface area (TPSA) is 58.2 Å². The number of amides is 2. The van der Waals surface area contributed by atoms with E-state index < -0.39 is 0 Å². The Hall–Kier alpha value is -3.14. The fourth-order valence-corrected chi connectivity index (χ4v) is 2.94. The van der Waals surface area contributed by atoms with E-state index in [0.717, 1.165) is 33.2 Å². The van der Waals surface area contributed by atoms with Gasteiger partial charge in [0.05, 0.1) is 13.0 Å². The van der Waals surface area contributed by atoms with Gasteiger partial charge < -0.3 is 10.6 Å². The zero-order valence-electron chi connectivity index (χ0n) is 15.0. The molecule has 3 aromatic carbocycles. The first-order valence-electron chi connectivity index (χ1n) is 8.64. The van der Waals surface area contributed by atoms with E-state index in [9.17, 15) is 9.59 Å². The standard InChI is InChI=1S/C22H22N2O2/c1-15-7-5-12-20(16(15)2)24-22(26)14-23-21(25)13-18-10-6-9-17-8-3-4-11-19(17)18/h3-12H,13-14H2,1-2H3,(H,23,25)(H,24,26). The van der Waals surface area contributed by atoms with Crippen molar-refractivity contribution in [3.63, 3.8) is 0 Å². The van der Waals surface area contributed by atoms with Crippen molar-refractivity contribution in [2.45, 2.75) is 20.3 Å². The van der Waals surface area contributed by atoms with Crippen molar-refractivity contribution >= 4 is 28.3 Å². The summed E-state index contributed by atoms with van der Waals surface area (Å²) in [6.45, 7) is 3.91. The average molecular weight is 346 g/mol. The largest absolute Gasteiger partial charge is 0.347 e. The Morgan fingerprint density at radius 1 is 0.846 bits per heavy atom. The van der Waals surface area contributed by atoms with E-state index in [-0.39, 0.29) is 24.8 Å². The van der Waals surface area contributed by atoms with E-state index in [0.29, 0.717) is 0 Å². The van der Waals surface area contributed by atoms with Crippen molar-refractivity contribution in [2.75, 3.05) is 11.9 Å². The van der Waals surface area contributed by atoms with Crippen molar-refractivity contribution < 1.29 is 9.59 Å². The second-order valence-corrected chi connectivity index (χ2v) is 6.39. The van der Waals surface area contributed by atoms with Gasteiger partial charge in [0.1, 0.15) is 0 Å². The highest BCUT2D eigenvalue weighted by Gasteiger charge is 2.10. The minimum absolute atomic E-state index is 0.0447. The van der Waals surface area contributed by atoms with Crippen LogP contribution in [0.1, 0.15) is 16.7 Å².